The minimum Gasteiger partial charge on any atom is -0.493 e. The van der Waals surface area contributed by atoms with Crippen molar-refractivity contribution >= 4 is 17.2 Å². The van der Waals surface area contributed by atoms with Gasteiger partial charge in [0.2, 0.25) is 5.75 Å². The number of fused-ring (bicyclic) bond motifs is 1. The van der Waals surface area contributed by atoms with E-state index in [-0.39, 0.29) is 5.91 Å². The maximum atomic E-state index is 12.7. The van der Waals surface area contributed by atoms with Crippen LogP contribution < -0.4 is 19.5 Å². The van der Waals surface area contributed by atoms with Crippen molar-refractivity contribution in [3.05, 3.63) is 41.9 Å². The molecule has 8 nitrogen and oxygen atoms in total. The Morgan fingerprint density at radius 2 is 1.80 bits per heavy atom. The number of rotatable bonds is 5. The van der Waals surface area contributed by atoms with Gasteiger partial charge in [-0.1, -0.05) is 0 Å². The van der Waals surface area contributed by atoms with Crippen molar-refractivity contribution < 1.29 is 19.0 Å². The van der Waals surface area contributed by atoms with Crippen molar-refractivity contribution in [1.29, 1.82) is 0 Å². The van der Waals surface area contributed by atoms with E-state index in [1.54, 1.807) is 41.9 Å². The van der Waals surface area contributed by atoms with Crippen LogP contribution in [0.1, 0.15) is 16.2 Å². The minimum absolute atomic E-state index is 0.326. The topological polar surface area (TPSA) is 87.0 Å². The molecule has 8 heteroatoms. The number of hydrogen-bond donors (Lipinski definition) is 1. The van der Waals surface area contributed by atoms with Gasteiger partial charge in [0.05, 0.1) is 27.0 Å². The van der Waals surface area contributed by atoms with Gasteiger partial charge >= 0.3 is 0 Å². The van der Waals surface area contributed by atoms with E-state index in [9.17, 15) is 4.79 Å². The number of carbonyl (C=O) groups excluding carboxylic acids is 1. The zero-order valence-corrected chi connectivity index (χ0v) is 14.4. The highest BCUT2D eigenvalue weighted by molar-refractivity contribution is 6.06. The van der Waals surface area contributed by atoms with E-state index in [0.29, 0.717) is 40.0 Å². The fraction of sp³-hybridized carbons (Fsp3) is 0.235. The monoisotopic (exact) mass is 342 g/mol. The second-order valence-corrected chi connectivity index (χ2v) is 5.22. The number of aryl methyl sites for hydroxylation is 1. The van der Waals surface area contributed by atoms with Crippen LogP contribution in [0.3, 0.4) is 0 Å². The van der Waals surface area contributed by atoms with Gasteiger partial charge in [0.15, 0.2) is 17.1 Å². The molecule has 2 heterocycles. The van der Waals surface area contributed by atoms with Crippen molar-refractivity contribution in [2.75, 3.05) is 26.6 Å². The Balaban J connectivity index is 1.98. The van der Waals surface area contributed by atoms with Crippen molar-refractivity contribution in [1.82, 2.24) is 14.6 Å². The molecule has 3 aromatic rings. The molecule has 2 aromatic heterocycles. The predicted molar refractivity (Wildman–Crippen MR) is 91.8 cm³/mol. The predicted octanol–water partition coefficient (Wildman–Crippen LogP) is 2.32. The number of benzene rings is 1. The molecule has 0 saturated heterocycles. The molecule has 0 fully saturated rings. The van der Waals surface area contributed by atoms with E-state index in [1.807, 2.05) is 0 Å². The first kappa shape index (κ1) is 16.6. The van der Waals surface area contributed by atoms with Crippen LogP contribution in [0.5, 0.6) is 17.2 Å². The molecule has 25 heavy (non-hydrogen) atoms. The third-order valence-electron chi connectivity index (χ3n) is 3.64. The van der Waals surface area contributed by atoms with Crippen LogP contribution >= 0.6 is 0 Å². The zero-order valence-electron chi connectivity index (χ0n) is 14.4. The van der Waals surface area contributed by atoms with Crippen LogP contribution in [-0.4, -0.2) is 41.8 Å². The minimum atomic E-state index is -0.326. The molecule has 0 saturated carbocycles. The average molecular weight is 342 g/mol. The van der Waals surface area contributed by atoms with Gasteiger partial charge in [-0.05, 0) is 31.2 Å². The summed E-state index contributed by atoms with van der Waals surface area (Å²) in [5.41, 5.74) is 1.50. The molecule has 0 radical (unpaired) electrons. The van der Waals surface area contributed by atoms with E-state index >= 15 is 0 Å². The van der Waals surface area contributed by atoms with Crippen LogP contribution in [-0.2, 0) is 0 Å². The Labute approximate surface area is 144 Å². The molecule has 0 aliphatic heterocycles. The van der Waals surface area contributed by atoms with Crippen LogP contribution in [0.15, 0.2) is 30.5 Å². The van der Waals surface area contributed by atoms with Crippen LogP contribution in [0.25, 0.3) is 5.65 Å². The molecule has 0 atom stereocenters. The number of anilines is 1. The maximum absolute atomic E-state index is 12.7. The van der Waals surface area contributed by atoms with Crippen LogP contribution in [0.4, 0.5) is 5.69 Å². The normalized spacial score (nSPS) is 10.6. The zero-order chi connectivity index (χ0) is 18.0. The number of hydrogen-bond acceptors (Lipinski definition) is 6. The molecular formula is C17H18N4O4. The van der Waals surface area contributed by atoms with Crippen LogP contribution in [0, 0.1) is 6.92 Å². The van der Waals surface area contributed by atoms with Gasteiger partial charge in [-0.15, -0.1) is 0 Å². The second kappa shape index (κ2) is 6.68. The van der Waals surface area contributed by atoms with E-state index in [2.05, 4.69) is 15.4 Å². The lowest BCUT2D eigenvalue weighted by Gasteiger charge is -2.14. The van der Waals surface area contributed by atoms with E-state index in [0.717, 1.165) is 0 Å². The number of carbonyl (C=O) groups is 1. The SMILES string of the molecule is COc1cc(C(=O)Nc2cccn3nc(C)nc23)cc(OC)c1OC. The fourth-order valence-corrected chi connectivity index (χ4v) is 2.52. The van der Waals surface area contributed by atoms with Gasteiger partial charge in [-0.3, -0.25) is 4.79 Å². The summed E-state index contributed by atoms with van der Waals surface area (Å²) in [6.45, 7) is 1.79. The highest BCUT2D eigenvalue weighted by Crippen LogP contribution is 2.38. The molecule has 0 bridgehead atoms. The second-order valence-electron chi connectivity index (χ2n) is 5.22. The lowest BCUT2D eigenvalue weighted by atomic mass is 10.1. The molecule has 0 aliphatic carbocycles. The number of ether oxygens (including phenoxy) is 3. The summed E-state index contributed by atoms with van der Waals surface area (Å²) in [4.78, 5) is 17.0. The lowest BCUT2D eigenvalue weighted by Crippen LogP contribution is -2.13. The quantitative estimate of drug-likeness (QED) is 0.766. The first-order chi connectivity index (χ1) is 12.1. The summed E-state index contributed by atoms with van der Waals surface area (Å²) >= 11 is 0. The fourth-order valence-electron chi connectivity index (χ4n) is 2.52. The standard InChI is InChI=1S/C17H18N4O4/c1-10-18-16-12(6-5-7-21(16)20-10)19-17(22)11-8-13(23-2)15(25-4)14(9-11)24-3/h5-9H,1-4H3,(H,19,22). The summed E-state index contributed by atoms with van der Waals surface area (Å²) in [5, 5.41) is 7.07. The van der Waals surface area contributed by atoms with Crippen molar-refractivity contribution in [2.45, 2.75) is 6.92 Å². The molecule has 1 amide bonds. The Hall–Kier alpha value is -3.29. The summed E-state index contributed by atoms with van der Waals surface area (Å²) in [6, 6.07) is 6.73. The van der Waals surface area contributed by atoms with Crippen molar-refractivity contribution in [3.63, 3.8) is 0 Å². The Morgan fingerprint density at radius 1 is 1.12 bits per heavy atom. The first-order valence-electron chi connectivity index (χ1n) is 7.50. The molecule has 3 rings (SSSR count). The maximum Gasteiger partial charge on any atom is 0.256 e. The third-order valence-corrected chi connectivity index (χ3v) is 3.64. The highest BCUT2D eigenvalue weighted by atomic mass is 16.5. The third kappa shape index (κ3) is 3.06. The molecule has 1 aromatic carbocycles. The number of nitrogens with one attached hydrogen (secondary N) is 1. The first-order valence-corrected chi connectivity index (χ1v) is 7.50. The molecular weight excluding hydrogens is 324 g/mol. The Morgan fingerprint density at radius 3 is 2.40 bits per heavy atom. The summed E-state index contributed by atoms with van der Waals surface area (Å²) < 4.78 is 17.4. The van der Waals surface area contributed by atoms with Crippen molar-refractivity contribution in [3.8, 4) is 17.2 Å². The van der Waals surface area contributed by atoms with E-state index in [4.69, 9.17) is 14.2 Å². The van der Waals surface area contributed by atoms with Gasteiger partial charge in [0.25, 0.3) is 5.91 Å². The summed E-state index contributed by atoms with van der Waals surface area (Å²) in [5.74, 6) is 1.53. The molecule has 0 spiro atoms. The van der Waals surface area contributed by atoms with E-state index < -0.39 is 0 Å². The smallest absolute Gasteiger partial charge is 0.256 e. The summed E-state index contributed by atoms with van der Waals surface area (Å²) in [6.07, 6.45) is 1.77. The van der Waals surface area contributed by atoms with Crippen molar-refractivity contribution in [2.24, 2.45) is 0 Å². The Bertz CT molecular complexity index is 911. The number of aromatic nitrogens is 3. The Kier molecular flexibility index (Phi) is 4.42. The van der Waals surface area contributed by atoms with Gasteiger partial charge < -0.3 is 19.5 Å². The van der Waals surface area contributed by atoms with Gasteiger partial charge in [0, 0.05) is 11.8 Å². The van der Waals surface area contributed by atoms with Crippen LogP contribution in [0.2, 0.25) is 0 Å². The number of nitrogens with zero attached hydrogens (tertiary/aromatic N) is 3. The average Bonchev–Trinajstić information content (AvgIpc) is 3.01. The number of methoxy groups -OCH3 is 3. The van der Waals surface area contributed by atoms with Gasteiger partial charge in [-0.2, -0.15) is 5.10 Å². The highest BCUT2D eigenvalue weighted by Gasteiger charge is 2.18. The molecule has 0 unspecified atom stereocenters. The largest absolute Gasteiger partial charge is 0.493 e. The summed E-state index contributed by atoms with van der Waals surface area (Å²) in [7, 11) is 4.51. The van der Waals surface area contributed by atoms with E-state index in [1.165, 1.54) is 21.3 Å². The number of amides is 1. The van der Waals surface area contributed by atoms with Gasteiger partial charge in [-0.25, -0.2) is 9.50 Å². The molecule has 130 valence electrons. The molecule has 1 N–H and O–H groups in total. The molecule has 0 aliphatic rings. The lowest BCUT2D eigenvalue weighted by molar-refractivity contribution is 0.102. The number of pyridine rings is 1. The van der Waals surface area contributed by atoms with Gasteiger partial charge in [0.1, 0.15) is 5.82 Å².